The molecule has 0 aliphatic carbocycles. The van der Waals surface area contributed by atoms with Crippen molar-refractivity contribution >= 4 is 15.7 Å². The van der Waals surface area contributed by atoms with Gasteiger partial charge in [-0.3, -0.25) is 4.68 Å². The van der Waals surface area contributed by atoms with Gasteiger partial charge in [0.05, 0.1) is 11.4 Å². The molecule has 1 aliphatic heterocycles. The zero-order valence-corrected chi connectivity index (χ0v) is 15.5. The van der Waals surface area contributed by atoms with Crippen LogP contribution < -0.4 is 4.90 Å². The predicted octanol–water partition coefficient (Wildman–Crippen LogP) is 2.42. The summed E-state index contributed by atoms with van der Waals surface area (Å²) in [5.41, 5.74) is 1.02. The highest BCUT2D eigenvalue weighted by Crippen LogP contribution is 2.25. The van der Waals surface area contributed by atoms with E-state index in [2.05, 4.69) is 5.10 Å². The van der Waals surface area contributed by atoms with Gasteiger partial charge in [-0.05, 0) is 32.9 Å². The highest BCUT2D eigenvalue weighted by molar-refractivity contribution is 7.89. The molecule has 2 heterocycles. The first-order valence-corrected chi connectivity index (χ1v) is 9.80. The molecule has 1 aromatic heterocycles. The predicted molar refractivity (Wildman–Crippen MR) is 94.7 cm³/mol. The number of nitrogens with zero attached hydrogens (tertiary/aromatic N) is 4. The Morgan fingerprint density at radius 3 is 2.32 bits per heavy atom. The van der Waals surface area contributed by atoms with Gasteiger partial charge in [0, 0.05) is 38.4 Å². The molecule has 0 bridgehead atoms. The molecule has 1 fully saturated rings. The van der Waals surface area contributed by atoms with Crippen LogP contribution in [0.4, 0.5) is 10.1 Å². The van der Waals surface area contributed by atoms with Crippen molar-refractivity contribution in [2.45, 2.75) is 31.7 Å². The lowest BCUT2D eigenvalue weighted by Crippen LogP contribution is -2.49. The van der Waals surface area contributed by atoms with E-state index in [1.807, 2.05) is 18.7 Å². The van der Waals surface area contributed by atoms with Crippen molar-refractivity contribution < 1.29 is 12.8 Å². The molecule has 6 nitrogen and oxygen atoms in total. The zero-order valence-electron chi connectivity index (χ0n) is 14.7. The van der Waals surface area contributed by atoms with Crippen LogP contribution in [0.2, 0.25) is 0 Å². The molecule has 3 rings (SSSR count). The van der Waals surface area contributed by atoms with Crippen LogP contribution in [0.15, 0.2) is 35.4 Å². The Bertz CT molecular complexity index is 855. The Morgan fingerprint density at radius 1 is 1.12 bits per heavy atom. The maximum absolute atomic E-state index is 13.9. The minimum atomic E-state index is -3.59. The number of hydrogen-bond acceptors (Lipinski definition) is 4. The number of rotatable bonds is 4. The SMILES string of the molecule is Cc1nn(C(C)C)cc1S(=O)(=O)N1CCN(c2ccccc2F)CC1. The number of para-hydroxylation sites is 1. The first kappa shape index (κ1) is 17.9. The van der Waals surface area contributed by atoms with E-state index in [4.69, 9.17) is 0 Å². The van der Waals surface area contributed by atoms with Crippen LogP contribution in [0, 0.1) is 12.7 Å². The number of aryl methyl sites for hydroxylation is 1. The van der Waals surface area contributed by atoms with Gasteiger partial charge in [0.15, 0.2) is 0 Å². The Balaban J connectivity index is 1.77. The Labute approximate surface area is 147 Å². The summed E-state index contributed by atoms with van der Waals surface area (Å²) in [6.45, 7) is 7.17. The molecule has 1 aliphatic rings. The monoisotopic (exact) mass is 366 g/mol. The Morgan fingerprint density at radius 2 is 1.76 bits per heavy atom. The summed E-state index contributed by atoms with van der Waals surface area (Å²) in [7, 11) is -3.59. The number of anilines is 1. The van der Waals surface area contributed by atoms with Crippen LogP contribution >= 0.6 is 0 Å². The first-order valence-electron chi connectivity index (χ1n) is 8.36. The molecule has 0 unspecified atom stereocenters. The molecule has 0 amide bonds. The fourth-order valence-electron chi connectivity index (χ4n) is 3.00. The van der Waals surface area contributed by atoms with E-state index in [1.54, 1.807) is 36.0 Å². The summed E-state index contributed by atoms with van der Waals surface area (Å²) in [4.78, 5) is 2.13. The van der Waals surface area contributed by atoms with Crippen LogP contribution in [0.5, 0.6) is 0 Å². The lowest BCUT2D eigenvalue weighted by atomic mass is 10.2. The van der Waals surface area contributed by atoms with E-state index in [0.29, 0.717) is 37.6 Å². The average Bonchev–Trinajstić information content (AvgIpc) is 2.98. The molecule has 0 saturated carbocycles. The average molecular weight is 366 g/mol. The van der Waals surface area contributed by atoms with E-state index >= 15 is 0 Å². The number of sulfonamides is 1. The third kappa shape index (κ3) is 3.41. The molecule has 0 radical (unpaired) electrons. The normalized spacial score (nSPS) is 16.6. The molecule has 25 heavy (non-hydrogen) atoms. The molecule has 0 N–H and O–H groups in total. The van der Waals surface area contributed by atoms with Gasteiger partial charge in [0.2, 0.25) is 10.0 Å². The summed E-state index contributed by atoms with van der Waals surface area (Å²) < 4.78 is 42.9. The van der Waals surface area contributed by atoms with Crippen LogP contribution in [-0.4, -0.2) is 48.7 Å². The van der Waals surface area contributed by atoms with Crippen molar-refractivity contribution in [1.82, 2.24) is 14.1 Å². The lowest BCUT2D eigenvalue weighted by molar-refractivity contribution is 0.383. The Hall–Kier alpha value is -1.93. The molecule has 2 aromatic rings. The van der Waals surface area contributed by atoms with Crippen molar-refractivity contribution in [2.24, 2.45) is 0 Å². The second-order valence-corrected chi connectivity index (χ2v) is 8.40. The van der Waals surface area contributed by atoms with Crippen molar-refractivity contribution in [1.29, 1.82) is 0 Å². The molecular weight excluding hydrogens is 343 g/mol. The quantitative estimate of drug-likeness (QED) is 0.834. The van der Waals surface area contributed by atoms with Crippen LogP contribution in [0.25, 0.3) is 0 Å². The van der Waals surface area contributed by atoms with E-state index < -0.39 is 10.0 Å². The topological polar surface area (TPSA) is 58.4 Å². The van der Waals surface area contributed by atoms with Crippen LogP contribution in [0.1, 0.15) is 25.6 Å². The molecule has 8 heteroatoms. The van der Waals surface area contributed by atoms with Crippen molar-refractivity contribution in [3.05, 3.63) is 42.0 Å². The molecular formula is C17H23FN4O2S. The van der Waals surface area contributed by atoms with Crippen molar-refractivity contribution in [3.63, 3.8) is 0 Å². The second kappa shape index (κ2) is 6.76. The summed E-state index contributed by atoms with van der Waals surface area (Å²) in [6.07, 6.45) is 1.60. The van der Waals surface area contributed by atoms with Gasteiger partial charge in [-0.25, -0.2) is 12.8 Å². The second-order valence-electron chi connectivity index (χ2n) is 6.50. The third-order valence-corrected chi connectivity index (χ3v) is 6.45. The summed E-state index contributed by atoms with van der Waals surface area (Å²) in [5.74, 6) is -0.284. The van der Waals surface area contributed by atoms with E-state index in [-0.39, 0.29) is 16.8 Å². The summed E-state index contributed by atoms with van der Waals surface area (Å²) >= 11 is 0. The molecule has 0 spiro atoms. The fraction of sp³-hybridized carbons (Fsp3) is 0.471. The maximum Gasteiger partial charge on any atom is 0.246 e. The van der Waals surface area contributed by atoms with Gasteiger partial charge >= 0.3 is 0 Å². The third-order valence-electron chi connectivity index (χ3n) is 4.45. The minimum Gasteiger partial charge on any atom is -0.367 e. The largest absolute Gasteiger partial charge is 0.367 e. The van der Waals surface area contributed by atoms with E-state index in [0.717, 1.165) is 0 Å². The van der Waals surface area contributed by atoms with Crippen LogP contribution in [-0.2, 0) is 10.0 Å². The first-order chi connectivity index (χ1) is 11.8. The Kier molecular flexibility index (Phi) is 4.83. The zero-order chi connectivity index (χ0) is 18.2. The molecule has 0 atom stereocenters. The number of piperazine rings is 1. The van der Waals surface area contributed by atoms with E-state index in [9.17, 15) is 12.8 Å². The van der Waals surface area contributed by atoms with E-state index in [1.165, 1.54) is 10.4 Å². The number of aromatic nitrogens is 2. The van der Waals surface area contributed by atoms with Crippen molar-refractivity contribution in [2.75, 3.05) is 31.1 Å². The smallest absolute Gasteiger partial charge is 0.246 e. The lowest BCUT2D eigenvalue weighted by Gasteiger charge is -2.35. The minimum absolute atomic E-state index is 0.0977. The highest BCUT2D eigenvalue weighted by atomic mass is 32.2. The fourth-order valence-corrected chi connectivity index (χ4v) is 4.58. The summed E-state index contributed by atoms with van der Waals surface area (Å²) in [5, 5.41) is 4.30. The summed E-state index contributed by atoms with van der Waals surface area (Å²) in [6, 6.07) is 6.67. The van der Waals surface area contributed by atoms with Gasteiger partial charge in [-0.15, -0.1) is 0 Å². The molecule has 1 saturated heterocycles. The molecule has 1 aromatic carbocycles. The number of halogens is 1. The molecule has 136 valence electrons. The number of benzene rings is 1. The van der Waals surface area contributed by atoms with Crippen molar-refractivity contribution in [3.8, 4) is 0 Å². The van der Waals surface area contributed by atoms with Gasteiger partial charge in [-0.1, -0.05) is 12.1 Å². The van der Waals surface area contributed by atoms with Gasteiger partial charge in [0.25, 0.3) is 0 Å². The number of hydrogen-bond donors (Lipinski definition) is 0. The van der Waals surface area contributed by atoms with Crippen LogP contribution in [0.3, 0.4) is 0 Å². The van der Waals surface area contributed by atoms with Gasteiger partial charge < -0.3 is 4.90 Å². The standard InChI is InChI=1S/C17H23FN4O2S/c1-13(2)22-12-17(14(3)19-22)25(23,24)21-10-8-20(9-11-21)16-7-5-4-6-15(16)18/h4-7,12-13H,8-11H2,1-3H3. The maximum atomic E-state index is 13.9. The van der Waals surface area contributed by atoms with Gasteiger partial charge in [0.1, 0.15) is 10.7 Å². The van der Waals surface area contributed by atoms with Gasteiger partial charge in [-0.2, -0.15) is 9.40 Å². The highest BCUT2D eigenvalue weighted by Gasteiger charge is 2.31.